The van der Waals surface area contributed by atoms with E-state index in [2.05, 4.69) is 15.6 Å². The first-order valence-electron chi connectivity index (χ1n) is 10.4. The molecule has 9 nitrogen and oxygen atoms in total. The van der Waals surface area contributed by atoms with Crippen molar-refractivity contribution >= 4 is 38.1 Å². The highest BCUT2D eigenvalue weighted by molar-refractivity contribution is 7.91. The molecule has 0 aliphatic carbocycles. The highest BCUT2D eigenvalue weighted by atomic mass is 32.2. The average Bonchev–Trinajstić information content (AvgIpc) is 3.44. The molecule has 0 spiro atoms. The van der Waals surface area contributed by atoms with Gasteiger partial charge in [0.2, 0.25) is 11.8 Å². The van der Waals surface area contributed by atoms with Crippen LogP contribution in [0, 0.1) is 0 Å². The van der Waals surface area contributed by atoms with E-state index in [4.69, 9.17) is 4.42 Å². The van der Waals surface area contributed by atoms with Crippen LogP contribution in [-0.4, -0.2) is 54.7 Å². The normalized spacial score (nSPS) is 16.8. The Kier molecular flexibility index (Phi) is 6.91. The molecule has 3 aromatic rings. The predicted molar refractivity (Wildman–Crippen MR) is 125 cm³/mol. The van der Waals surface area contributed by atoms with Crippen LogP contribution in [0.25, 0.3) is 11.5 Å². The smallest absolute Gasteiger partial charge is 0.248 e. The van der Waals surface area contributed by atoms with Crippen molar-refractivity contribution in [1.29, 1.82) is 0 Å². The quantitative estimate of drug-likeness (QED) is 0.524. The number of aromatic nitrogens is 1. The summed E-state index contributed by atoms with van der Waals surface area (Å²) in [6, 6.07) is 12.2. The average molecular weight is 489 g/mol. The summed E-state index contributed by atoms with van der Waals surface area (Å²) in [6.07, 6.45) is 0. The van der Waals surface area contributed by atoms with E-state index in [0.29, 0.717) is 35.4 Å². The topological polar surface area (TPSA) is 122 Å². The molecule has 1 atom stereocenters. The first kappa shape index (κ1) is 23.1. The molecule has 1 fully saturated rings. The van der Waals surface area contributed by atoms with Crippen molar-refractivity contribution in [3.05, 3.63) is 59.2 Å². The lowest BCUT2D eigenvalue weighted by Gasteiger charge is -2.33. The SMILES string of the molecule is CC(=O)NCc1ccc(-c2csc(NC(=O)C(c3ccccc3)N3CCS(=O)(=O)CC3)n2)o1. The van der Waals surface area contributed by atoms with Gasteiger partial charge in [-0.2, -0.15) is 0 Å². The maximum atomic E-state index is 13.3. The van der Waals surface area contributed by atoms with Crippen molar-refractivity contribution in [2.75, 3.05) is 29.9 Å². The van der Waals surface area contributed by atoms with E-state index in [0.717, 1.165) is 5.56 Å². The summed E-state index contributed by atoms with van der Waals surface area (Å²) in [5.41, 5.74) is 1.37. The third-order valence-electron chi connectivity index (χ3n) is 5.27. The predicted octanol–water partition coefficient (Wildman–Crippen LogP) is 2.45. The monoisotopic (exact) mass is 488 g/mol. The molecule has 174 valence electrons. The summed E-state index contributed by atoms with van der Waals surface area (Å²) in [4.78, 5) is 30.7. The van der Waals surface area contributed by atoms with Gasteiger partial charge in [0.1, 0.15) is 17.5 Å². The lowest BCUT2D eigenvalue weighted by molar-refractivity contribution is -0.121. The molecule has 1 saturated heterocycles. The van der Waals surface area contributed by atoms with Crippen molar-refractivity contribution in [2.24, 2.45) is 0 Å². The van der Waals surface area contributed by atoms with Crippen LogP contribution < -0.4 is 10.6 Å². The summed E-state index contributed by atoms with van der Waals surface area (Å²) in [7, 11) is -3.07. The molecule has 2 N–H and O–H groups in total. The highest BCUT2D eigenvalue weighted by Gasteiger charge is 2.33. The summed E-state index contributed by atoms with van der Waals surface area (Å²) in [5, 5.41) is 7.74. The van der Waals surface area contributed by atoms with Crippen LogP contribution in [0.2, 0.25) is 0 Å². The molecule has 2 amide bonds. The number of hydrogen-bond donors (Lipinski definition) is 2. The third kappa shape index (κ3) is 5.86. The lowest BCUT2D eigenvalue weighted by atomic mass is 10.0. The Morgan fingerprint density at radius 3 is 2.58 bits per heavy atom. The number of nitrogens with one attached hydrogen (secondary N) is 2. The minimum atomic E-state index is -3.07. The molecule has 33 heavy (non-hydrogen) atoms. The Balaban J connectivity index is 1.48. The molecule has 0 bridgehead atoms. The molecular formula is C22H24N4O5S2. The second kappa shape index (κ2) is 9.86. The number of furan rings is 1. The van der Waals surface area contributed by atoms with Crippen LogP contribution in [0.3, 0.4) is 0 Å². The molecule has 11 heteroatoms. The maximum Gasteiger partial charge on any atom is 0.248 e. The zero-order valence-corrected chi connectivity index (χ0v) is 19.6. The van der Waals surface area contributed by atoms with Crippen LogP contribution >= 0.6 is 11.3 Å². The zero-order chi connectivity index (χ0) is 23.4. The Labute approximate surface area is 195 Å². The molecule has 4 rings (SSSR count). The van der Waals surface area contributed by atoms with E-state index in [1.807, 2.05) is 35.2 Å². The number of sulfone groups is 1. The van der Waals surface area contributed by atoms with Gasteiger partial charge in [-0.3, -0.25) is 14.5 Å². The first-order valence-corrected chi connectivity index (χ1v) is 13.1. The zero-order valence-electron chi connectivity index (χ0n) is 18.0. The minimum Gasteiger partial charge on any atom is -0.458 e. The van der Waals surface area contributed by atoms with Crippen molar-refractivity contribution in [1.82, 2.24) is 15.2 Å². The Bertz CT molecular complexity index is 1220. The van der Waals surface area contributed by atoms with Crippen molar-refractivity contribution < 1.29 is 22.4 Å². The van der Waals surface area contributed by atoms with Gasteiger partial charge >= 0.3 is 0 Å². The summed E-state index contributed by atoms with van der Waals surface area (Å²) >= 11 is 1.27. The van der Waals surface area contributed by atoms with E-state index in [1.165, 1.54) is 18.3 Å². The van der Waals surface area contributed by atoms with Gasteiger partial charge in [0.05, 0.1) is 18.1 Å². The number of nitrogens with zero attached hydrogens (tertiary/aromatic N) is 2. The standard InChI is InChI=1S/C22H24N4O5S2/c1-15(27)23-13-17-7-8-19(31-17)18-14-32-22(24-18)25-21(28)20(16-5-3-2-4-6-16)26-9-11-33(29,30)12-10-26/h2-8,14,20H,9-13H2,1H3,(H,23,27)(H,24,25,28). The van der Waals surface area contributed by atoms with Gasteiger partial charge in [0, 0.05) is 25.4 Å². The first-order chi connectivity index (χ1) is 15.8. The lowest BCUT2D eigenvalue weighted by Crippen LogP contribution is -2.46. The van der Waals surface area contributed by atoms with E-state index in [9.17, 15) is 18.0 Å². The number of thiazole rings is 1. The highest BCUT2D eigenvalue weighted by Crippen LogP contribution is 2.29. The Morgan fingerprint density at radius 2 is 1.88 bits per heavy atom. The Morgan fingerprint density at radius 1 is 1.15 bits per heavy atom. The second-order valence-electron chi connectivity index (χ2n) is 7.70. The fourth-order valence-corrected chi connectivity index (χ4v) is 5.52. The largest absolute Gasteiger partial charge is 0.458 e. The molecule has 0 radical (unpaired) electrons. The molecule has 3 heterocycles. The van der Waals surface area contributed by atoms with Crippen molar-refractivity contribution in [2.45, 2.75) is 19.5 Å². The number of carbonyl (C=O) groups excluding carboxylic acids is 2. The molecule has 1 aromatic carbocycles. The van der Waals surface area contributed by atoms with E-state index < -0.39 is 15.9 Å². The number of carbonyl (C=O) groups is 2. The van der Waals surface area contributed by atoms with Crippen LogP contribution in [0.5, 0.6) is 0 Å². The summed E-state index contributed by atoms with van der Waals surface area (Å²) < 4.78 is 29.5. The van der Waals surface area contributed by atoms with Crippen LogP contribution in [0.1, 0.15) is 24.3 Å². The Hall–Kier alpha value is -3.02. The number of amides is 2. The van der Waals surface area contributed by atoms with Crippen LogP contribution in [-0.2, 0) is 26.0 Å². The van der Waals surface area contributed by atoms with Gasteiger partial charge in [0.25, 0.3) is 0 Å². The van der Waals surface area contributed by atoms with Crippen LogP contribution in [0.4, 0.5) is 5.13 Å². The van der Waals surface area contributed by atoms with Crippen LogP contribution in [0.15, 0.2) is 52.3 Å². The molecule has 2 aromatic heterocycles. The summed E-state index contributed by atoms with van der Waals surface area (Å²) in [5.74, 6) is 0.781. The maximum absolute atomic E-state index is 13.3. The fraction of sp³-hybridized carbons (Fsp3) is 0.318. The summed E-state index contributed by atoms with van der Waals surface area (Å²) in [6.45, 7) is 2.31. The van der Waals surface area contributed by atoms with Gasteiger partial charge in [-0.25, -0.2) is 13.4 Å². The number of hydrogen-bond acceptors (Lipinski definition) is 8. The fourth-order valence-electron chi connectivity index (χ4n) is 3.59. The van der Waals surface area contributed by atoms with Crippen molar-refractivity contribution in [3.8, 4) is 11.5 Å². The molecule has 0 saturated carbocycles. The number of anilines is 1. The minimum absolute atomic E-state index is 0.0321. The third-order valence-corrected chi connectivity index (χ3v) is 7.63. The number of rotatable bonds is 7. The van der Waals surface area contributed by atoms with Gasteiger partial charge in [-0.1, -0.05) is 30.3 Å². The van der Waals surface area contributed by atoms with Crippen molar-refractivity contribution in [3.63, 3.8) is 0 Å². The van der Waals surface area contributed by atoms with E-state index >= 15 is 0 Å². The second-order valence-corrected chi connectivity index (χ2v) is 10.9. The number of benzene rings is 1. The van der Waals surface area contributed by atoms with Gasteiger partial charge in [0.15, 0.2) is 20.7 Å². The van der Waals surface area contributed by atoms with Gasteiger partial charge in [-0.15, -0.1) is 11.3 Å². The van der Waals surface area contributed by atoms with Gasteiger partial charge < -0.3 is 15.1 Å². The molecular weight excluding hydrogens is 464 g/mol. The van der Waals surface area contributed by atoms with E-state index in [1.54, 1.807) is 17.5 Å². The molecule has 1 aliphatic heterocycles. The molecule has 1 aliphatic rings. The molecule has 1 unspecified atom stereocenters. The van der Waals surface area contributed by atoms with Gasteiger partial charge in [-0.05, 0) is 17.7 Å². The van der Waals surface area contributed by atoms with E-state index in [-0.39, 0.29) is 29.9 Å².